The molecule has 4 N–H and O–H groups in total. The summed E-state index contributed by atoms with van der Waals surface area (Å²) in [6, 6.07) is 18.7. The molecule has 8 nitrogen and oxygen atoms in total. The third-order valence-corrected chi connectivity index (χ3v) is 6.25. The largest absolute Gasteiger partial charge is 0.493 e. The molecule has 3 amide bonds. The fourth-order valence-electron chi connectivity index (χ4n) is 3.34. The number of hydrogen-bond acceptors (Lipinski definition) is 5. The molecule has 0 spiro atoms. The lowest BCUT2D eigenvalue weighted by Crippen LogP contribution is -2.48. The number of thiocarbonyl (C=S) groups is 1. The molecule has 0 bridgehead atoms. The monoisotopic (exact) mass is 596 g/mol. The number of hydrogen-bond donors (Lipinski definition) is 4. The van der Waals surface area contributed by atoms with E-state index in [2.05, 4.69) is 58.2 Å². The van der Waals surface area contributed by atoms with Crippen LogP contribution in [0.25, 0.3) is 0 Å². The van der Waals surface area contributed by atoms with Gasteiger partial charge in [0.1, 0.15) is 5.75 Å². The SMILES string of the molecule is CCOc1ccc(C(=O)NC(=S)NNC(=O)c2ccc(NC(=O)c3ccc(C(C)(C)C)cc3)cc2)cc1Br. The van der Waals surface area contributed by atoms with Crippen LogP contribution in [0.2, 0.25) is 0 Å². The Balaban J connectivity index is 1.50. The Morgan fingerprint density at radius 3 is 1.97 bits per heavy atom. The van der Waals surface area contributed by atoms with Crippen LogP contribution in [0.4, 0.5) is 5.69 Å². The maximum atomic E-state index is 12.6. The van der Waals surface area contributed by atoms with Crippen molar-refractivity contribution in [2.75, 3.05) is 11.9 Å². The Kier molecular flexibility index (Phi) is 9.60. The quantitative estimate of drug-likeness (QED) is 0.226. The lowest BCUT2D eigenvalue weighted by atomic mass is 9.87. The van der Waals surface area contributed by atoms with Gasteiger partial charge in [-0.1, -0.05) is 32.9 Å². The van der Waals surface area contributed by atoms with Gasteiger partial charge in [-0.25, -0.2) is 0 Å². The predicted octanol–water partition coefficient (Wildman–Crippen LogP) is 5.35. The van der Waals surface area contributed by atoms with Crippen LogP contribution in [0.1, 0.15) is 64.3 Å². The number of benzene rings is 3. The number of rotatable bonds is 6. The number of hydrazine groups is 1. The first kappa shape index (κ1) is 28.8. The predicted molar refractivity (Wildman–Crippen MR) is 156 cm³/mol. The molecular weight excluding hydrogens is 568 g/mol. The first-order valence-electron chi connectivity index (χ1n) is 11.8. The van der Waals surface area contributed by atoms with Crippen LogP contribution in [0.5, 0.6) is 5.75 Å². The van der Waals surface area contributed by atoms with Crippen LogP contribution in [-0.2, 0) is 5.41 Å². The molecule has 0 aromatic heterocycles. The van der Waals surface area contributed by atoms with Gasteiger partial charge < -0.3 is 10.1 Å². The number of amides is 3. The third-order valence-electron chi connectivity index (χ3n) is 5.43. The van der Waals surface area contributed by atoms with Crippen molar-refractivity contribution in [1.29, 1.82) is 0 Å². The molecule has 0 aliphatic heterocycles. The minimum Gasteiger partial charge on any atom is -0.493 e. The summed E-state index contributed by atoms with van der Waals surface area (Å²) >= 11 is 8.46. The van der Waals surface area contributed by atoms with Crippen LogP contribution in [-0.4, -0.2) is 29.4 Å². The summed E-state index contributed by atoms with van der Waals surface area (Å²) < 4.78 is 6.07. The van der Waals surface area contributed by atoms with E-state index in [0.29, 0.717) is 39.2 Å². The van der Waals surface area contributed by atoms with E-state index >= 15 is 0 Å². The molecule has 0 unspecified atom stereocenters. The van der Waals surface area contributed by atoms with Crippen molar-refractivity contribution in [2.24, 2.45) is 0 Å². The van der Waals surface area contributed by atoms with Gasteiger partial charge in [0.25, 0.3) is 17.7 Å². The molecule has 0 radical (unpaired) electrons. The lowest BCUT2D eigenvalue weighted by molar-refractivity contribution is 0.0934. The van der Waals surface area contributed by atoms with Crippen LogP contribution in [0.3, 0.4) is 0 Å². The van der Waals surface area contributed by atoms with E-state index in [0.717, 1.165) is 5.56 Å². The molecule has 10 heteroatoms. The number of halogens is 1. The summed E-state index contributed by atoms with van der Waals surface area (Å²) in [4.78, 5) is 37.5. The smallest absolute Gasteiger partial charge is 0.269 e. The Morgan fingerprint density at radius 2 is 1.39 bits per heavy atom. The molecule has 0 heterocycles. The maximum absolute atomic E-state index is 12.6. The van der Waals surface area contributed by atoms with Gasteiger partial charge in [-0.05, 0) is 101 Å². The zero-order valence-electron chi connectivity index (χ0n) is 21.5. The third kappa shape index (κ3) is 7.87. The van der Waals surface area contributed by atoms with E-state index in [4.69, 9.17) is 17.0 Å². The summed E-state index contributed by atoms with van der Waals surface area (Å²) in [6.45, 7) is 8.71. The fraction of sp³-hybridized carbons (Fsp3) is 0.214. The molecule has 3 aromatic rings. The second-order valence-electron chi connectivity index (χ2n) is 9.30. The van der Waals surface area contributed by atoms with Crippen molar-refractivity contribution in [2.45, 2.75) is 33.1 Å². The van der Waals surface area contributed by atoms with Gasteiger partial charge >= 0.3 is 0 Å². The van der Waals surface area contributed by atoms with Gasteiger partial charge in [0.15, 0.2) is 5.11 Å². The molecule has 3 rings (SSSR count). The zero-order chi connectivity index (χ0) is 27.9. The fourth-order valence-corrected chi connectivity index (χ4v) is 3.97. The summed E-state index contributed by atoms with van der Waals surface area (Å²) in [5, 5.41) is 5.24. The normalized spacial score (nSPS) is 10.8. The van der Waals surface area contributed by atoms with Crippen molar-refractivity contribution < 1.29 is 19.1 Å². The van der Waals surface area contributed by atoms with Crippen molar-refractivity contribution in [1.82, 2.24) is 16.2 Å². The van der Waals surface area contributed by atoms with Crippen LogP contribution < -0.4 is 26.2 Å². The number of ether oxygens (including phenoxy) is 1. The minimum absolute atomic E-state index is 0.00316. The molecule has 0 saturated heterocycles. The lowest BCUT2D eigenvalue weighted by Gasteiger charge is -2.19. The molecule has 0 aliphatic rings. The van der Waals surface area contributed by atoms with Gasteiger partial charge in [0.05, 0.1) is 11.1 Å². The highest BCUT2D eigenvalue weighted by Gasteiger charge is 2.15. The highest BCUT2D eigenvalue weighted by atomic mass is 79.9. The van der Waals surface area contributed by atoms with E-state index in [1.54, 1.807) is 54.6 Å². The summed E-state index contributed by atoms with van der Waals surface area (Å²) in [5.74, 6) is -0.544. The van der Waals surface area contributed by atoms with E-state index in [-0.39, 0.29) is 16.4 Å². The van der Waals surface area contributed by atoms with E-state index in [1.807, 2.05) is 19.1 Å². The van der Waals surface area contributed by atoms with E-state index < -0.39 is 11.8 Å². The Morgan fingerprint density at radius 1 is 0.816 bits per heavy atom. The number of anilines is 1. The average Bonchev–Trinajstić information content (AvgIpc) is 2.88. The van der Waals surface area contributed by atoms with Crippen LogP contribution >= 0.6 is 28.1 Å². The van der Waals surface area contributed by atoms with Gasteiger partial charge in [-0.2, -0.15) is 0 Å². The van der Waals surface area contributed by atoms with E-state index in [9.17, 15) is 14.4 Å². The van der Waals surface area contributed by atoms with Crippen molar-refractivity contribution in [3.8, 4) is 5.75 Å². The Hall–Kier alpha value is -3.76. The molecule has 0 aliphatic carbocycles. The standard InChI is InChI=1S/C28H29BrN4O4S/c1-5-37-23-15-10-19(16-22(23)29)25(35)31-27(38)33-32-26(36)18-8-13-21(14-9-18)30-24(34)17-6-11-20(12-7-17)28(2,3)4/h6-16H,5H2,1-4H3,(H,30,34)(H,32,36)(H2,31,33,35,38). The highest BCUT2D eigenvalue weighted by Crippen LogP contribution is 2.26. The molecule has 0 fully saturated rings. The zero-order valence-corrected chi connectivity index (χ0v) is 23.9. The second-order valence-corrected chi connectivity index (χ2v) is 10.6. The molecule has 0 saturated carbocycles. The van der Waals surface area contributed by atoms with Crippen molar-refractivity contribution in [3.63, 3.8) is 0 Å². The van der Waals surface area contributed by atoms with Gasteiger partial charge in [-0.3, -0.25) is 30.6 Å². The van der Waals surface area contributed by atoms with Gasteiger partial charge in [0.2, 0.25) is 0 Å². The Bertz CT molecular complexity index is 1340. The number of carbonyl (C=O) groups excluding carboxylic acids is 3. The van der Waals surface area contributed by atoms with Gasteiger partial charge in [0, 0.05) is 22.4 Å². The first-order valence-corrected chi connectivity index (χ1v) is 13.0. The molecule has 0 atom stereocenters. The number of carbonyl (C=O) groups is 3. The van der Waals surface area contributed by atoms with Crippen molar-refractivity contribution in [3.05, 3.63) is 93.5 Å². The summed E-state index contributed by atoms with van der Waals surface area (Å²) in [7, 11) is 0. The maximum Gasteiger partial charge on any atom is 0.269 e. The molecule has 3 aromatic carbocycles. The average molecular weight is 598 g/mol. The van der Waals surface area contributed by atoms with Crippen LogP contribution in [0, 0.1) is 0 Å². The Labute approximate surface area is 235 Å². The number of nitrogens with one attached hydrogen (secondary N) is 4. The van der Waals surface area contributed by atoms with Crippen LogP contribution in [0.15, 0.2) is 71.2 Å². The second kappa shape index (κ2) is 12.7. The molecule has 38 heavy (non-hydrogen) atoms. The van der Waals surface area contributed by atoms with Crippen molar-refractivity contribution >= 4 is 56.7 Å². The van der Waals surface area contributed by atoms with Gasteiger partial charge in [-0.15, -0.1) is 0 Å². The molecule has 198 valence electrons. The summed E-state index contributed by atoms with van der Waals surface area (Å²) in [5.41, 5.74) is 7.86. The highest BCUT2D eigenvalue weighted by molar-refractivity contribution is 9.10. The first-order chi connectivity index (χ1) is 18.0. The molecular formula is C28H29BrN4O4S. The summed E-state index contributed by atoms with van der Waals surface area (Å²) in [6.07, 6.45) is 0. The topological polar surface area (TPSA) is 109 Å². The van der Waals surface area contributed by atoms with E-state index in [1.165, 1.54) is 0 Å². The minimum atomic E-state index is -0.471.